The van der Waals surface area contributed by atoms with Crippen LogP contribution in [0.2, 0.25) is 5.02 Å². The van der Waals surface area contributed by atoms with Gasteiger partial charge in [0, 0.05) is 23.1 Å². The highest BCUT2D eigenvalue weighted by Gasteiger charge is 2.11. The lowest BCUT2D eigenvalue weighted by molar-refractivity contribution is -0.113. The molecule has 0 saturated heterocycles. The second-order valence-corrected chi connectivity index (χ2v) is 6.47. The first-order valence-corrected chi connectivity index (χ1v) is 8.88. The van der Waals surface area contributed by atoms with E-state index in [1.165, 1.54) is 11.8 Å². The van der Waals surface area contributed by atoms with Gasteiger partial charge in [0.2, 0.25) is 5.91 Å². The maximum Gasteiger partial charge on any atom is 0.234 e. The van der Waals surface area contributed by atoms with Crippen LogP contribution in [0, 0.1) is 0 Å². The van der Waals surface area contributed by atoms with Crippen molar-refractivity contribution in [2.75, 3.05) is 18.2 Å². The van der Waals surface area contributed by atoms with E-state index in [4.69, 9.17) is 16.3 Å². The molecule has 0 fully saturated rings. The Labute approximate surface area is 155 Å². The number of imidazole rings is 1. The number of methoxy groups -OCH3 is 1. The van der Waals surface area contributed by atoms with E-state index >= 15 is 0 Å². The van der Waals surface area contributed by atoms with Crippen LogP contribution in [0.5, 0.6) is 5.75 Å². The number of nitrogens with zero attached hydrogens (tertiary/aromatic N) is 2. The van der Waals surface area contributed by atoms with Gasteiger partial charge in [-0.1, -0.05) is 35.5 Å². The molecule has 1 amide bonds. The molecule has 1 heterocycles. The van der Waals surface area contributed by atoms with Gasteiger partial charge in [0.05, 0.1) is 18.6 Å². The minimum atomic E-state index is -0.125. The average molecular weight is 374 g/mol. The number of halogens is 1. The number of nitrogens with one attached hydrogen (secondary N) is 1. The average Bonchev–Trinajstić information content (AvgIpc) is 3.09. The summed E-state index contributed by atoms with van der Waals surface area (Å²) in [5, 5.41) is 4.26. The zero-order chi connectivity index (χ0) is 17.6. The summed E-state index contributed by atoms with van der Waals surface area (Å²) in [5.41, 5.74) is 1.59. The van der Waals surface area contributed by atoms with Gasteiger partial charge in [-0.15, -0.1) is 0 Å². The summed E-state index contributed by atoms with van der Waals surface area (Å²) in [6, 6.07) is 14.8. The lowest BCUT2D eigenvalue weighted by atomic mass is 10.3. The number of hydrogen-bond donors (Lipinski definition) is 1. The highest BCUT2D eigenvalue weighted by atomic mass is 35.5. The fourth-order valence-electron chi connectivity index (χ4n) is 2.26. The van der Waals surface area contributed by atoms with Gasteiger partial charge >= 0.3 is 0 Å². The van der Waals surface area contributed by atoms with Gasteiger partial charge in [0.1, 0.15) is 5.75 Å². The van der Waals surface area contributed by atoms with E-state index in [-0.39, 0.29) is 11.7 Å². The molecule has 0 aliphatic rings. The van der Waals surface area contributed by atoms with Crippen LogP contribution in [-0.2, 0) is 4.79 Å². The molecule has 0 bridgehead atoms. The zero-order valence-corrected chi connectivity index (χ0v) is 15.1. The highest BCUT2D eigenvalue weighted by molar-refractivity contribution is 7.99. The molecule has 5 nitrogen and oxygen atoms in total. The normalized spacial score (nSPS) is 10.5. The fourth-order valence-corrected chi connectivity index (χ4v) is 3.16. The van der Waals surface area contributed by atoms with Gasteiger partial charge < -0.3 is 10.1 Å². The van der Waals surface area contributed by atoms with Crippen LogP contribution in [0.15, 0.2) is 66.1 Å². The minimum Gasteiger partial charge on any atom is -0.495 e. The number of anilines is 1. The predicted octanol–water partition coefficient (Wildman–Crippen LogP) is 4.27. The third-order valence-electron chi connectivity index (χ3n) is 3.43. The largest absolute Gasteiger partial charge is 0.495 e. The maximum absolute atomic E-state index is 12.2. The van der Waals surface area contributed by atoms with Crippen molar-refractivity contribution in [3.05, 3.63) is 65.9 Å². The Morgan fingerprint density at radius 1 is 1.24 bits per heavy atom. The molecule has 0 radical (unpaired) electrons. The predicted molar refractivity (Wildman–Crippen MR) is 101 cm³/mol. The van der Waals surface area contributed by atoms with Crippen LogP contribution in [0.1, 0.15) is 0 Å². The molecule has 1 N–H and O–H groups in total. The molecule has 7 heteroatoms. The summed E-state index contributed by atoms with van der Waals surface area (Å²) < 4.78 is 7.15. The molecule has 25 heavy (non-hydrogen) atoms. The molecular formula is C18H16ClN3O2S. The number of thioether (sulfide) groups is 1. The highest BCUT2D eigenvalue weighted by Crippen LogP contribution is 2.25. The topological polar surface area (TPSA) is 56.1 Å². The number of aromatic nitrogens is 2. The smallest absolute Gasteiger partial charge is 0.234 e. The molecule has 0 aliphatic heterocycles. The Balaban J connectivity index is 1.65. The molecule has 0 atom stereocenters. The van der Waals surface area contributed by atoms with Crippen molar-refractivity contribution in [1.29, 1.82) is 0 Å². The van der Waals surface area contributed by atoms with E-state index in [9.17, 15) is 4.79 Å². The Bertz CT molecular complexity index is 865. The van der Waals surface area contributed by atoms with Gasteiger partial charge in [-0.3, -0.25) is 9.36 Å². The van der Waals surface area contributed by atoms with Crippen LogP contribution < -0.4 is 10.1 Å². The lowest BCUT2D eigenvalue weighted by Crippen LogP contribution is -2.15. The third kappa shape index (κ3) is 4.35. The summed E-state index contributed by atoms with van der Waals surface area (Å²) in [6.07, 6.45) is 3.55. The number of carbonyl (C=O) groups is 1. The Kier molecular flexibility index (Phi) is 5.63. The SMILES string of the molecule is COc1ccccc1NC(=O)CSc1nccn1-c1ccc(Cl)cc1. The Morgan fingerprint density at radius 2 is 2.00 bits per heavy atom. The van der Waals surface area contributed by atoms with E-state index in [1.807, 2.05) is 47.2 Å². The summed E-state index contributed by atoms with van der Waals surface area (Å²) in [4.78, 5) is 16.5. The lowest BCUT2D eigenvalue weighted by Gasteiger charge is -2.10. The van der Waals surface area contributed by atoms with Crippen molar-refractivity contribution in [3.8, 4) is 11.4 Å². The van der Waals surface area contributed by atoms with Gasteiger partial charge in [-0.2, -0.15) is 0 Å². The molecule has 1 aromatic heterocycles. The molecule has 0 unspecified atom stereocenters. The van der Waals surface area contributed by atoms with E-state index in [0.717, 1.165) is 10.8 Å². The number of ether oxygens (including phenoxy) is 1. The number of hydrogen-bond acceptors (Lipinski definition) is 4. The zero-order valence-electron chi connectivity index (χ0n) is 13.5. The molecule has 0 aliphatic carbocycles. The number of rotatable bonds is 6. The van der Waals surface area contributed by atoms with Crippen molar-refractivity contribution in [3.63, 3.8) is 0 Å². The standard InChI is InChI=1S/C18H16ClN3O2S/c1-24-16-5-3-2-4-15(16)21-17(23)12-25-18-20-10-11-22(18)14-8-6-13(19)7-9-14/h2-11H,12H2,1H3,(H,21,23). The molecule has 3 aromatic rings. The number of carbonyl (C=O) groups excluding carboxylic acids is 1. The quantitative estimate of drug-likeness (QED) is 0.656. The first kappa shape index (κ1) is 17.4. The molecule has 128 valence electrons. The molecule has 2 aromatic carbocycles. The van der Waals surface area contributed by atoms with Crippen molar-refractivity contribution in [2.45, 2.75) is 5.16 Å². The first-order valence-electron chi connectivity index (χ1n) is 7.52. The van der Waals surface area contributed by atoms with Gasteiger partial charge in [-0.25, -0.2) is 4.98 Å². The van der Waals surface area contributed by atoms with Gasteiger partial charge in [0.15, 0.2) is 5.16 Å². The van der Waals surface area contributed by atoms with Crippen LogP contribution in [-0.4, -0.2) is 28.3 Å². The van der Waals surface area contributed by atoms with E-state index in [1.54, 1.807) is 25.4 Å². The van der Waals surface area contributed by atoms with E-state index in [2.05, 4.69) is 10.3 Å². The Morgan fingerprint density at radius 3 is 2.76 bits per heavy atom. The van der Waals surface area contributed by atoms with Crippen LogP contribution in [0.25, 0.3) is 5.69 Å². The van der Waals surface area contributed by atoms with Crippen molar-refractivity contribution < 1.29 is 9.53 Å². The van der Waals surface area contributed by atoms with Crippen molar-refractivity contribution in [2.24, 2.45) is 0 Å². The number of para-hydroxylation sites is 2. The summed E-state index contributed by atoms with van der Waals surface area (Å²) in [5.74, 6) is 0.742. The molecule has 0 spiro atoms. The monoisotopic (exact) mass is 373 g/mol. The van der Waals surface area contributed by atoms with Crippen LogP contribution in [0.3, 0.4) is 0 Å². The summed E-state index contributed by atoms with van der Waals surface area (Å²) in [7, 11) is 1.57. The third-order valence-corrected chi connectivity index (χ3v) is 4.64. The first-order chi connectivity index (χ1) is 12.2. The number of benzene rings is 2. The van der Waals surface area contributed by atoms with Gasteiger partial charge in [0.25, 0.3) is 0 Å². The maximum atomic E-state index is 12.2. The second-order valence-electron chi connectivity index (χ2n) is 5.09. The van der Waals surface area contributed by atoms with Crippen LogP contribution >= 0.6 is 23.4 Å². The van der Waals surface area contributed by atoms with Crippen LogP contribution in [0.4, 0.5) is 5.69 Å². The fraction of sp³-hybridized carbons (Fsp3) is 0.111. The Hall–Kier alpha value is -2.44. The summed E-state index contributed by atoms with van der Waals surface area (Å²) >= 11 is 7.28. The molecule has 3 rings (SSSR count). The summed E-state index contributed by atoms with van der Waals surface area (Å²) in [6.45, 7) is 0. The minimum absolute atomic E-state index is 0.125. The van der Waals surface area contributed by atoms with Gasteiger partial charge in [-0.05, 0) is 36.4 Å². The van der Waals surface area contributed by atoms with Crippen molar-refractivity contribution in [1.82, 2.24) is 9.55 Å². The molecule has 0 saturated carbocycles. The molecular weight excluding hydrogens is 358 g/mol. The van der Waals surface area contributed by atoms with Crippen molar-refractivity contribution >= 4 is 35.0 Å². The van der Waals surface area contributed by atoms with E-state index < -0.39 is 0 Å². The second kappa shape index (κ2) is 8.09. The number of amides is 1. The van der Waals surface area contributed by atoms with E-state index in [0.29, 0.717) is 16.5 Å².